The van der Waals surface area contributed by atoms with Crippen LogP contribution in [0.15, 0.2) is 94.3 Å². The Bertz CT molecular complexity index is 1570. The van der Waals surface area contributed by atoms with E-state index in [1.165, 1.54) is 41.3 Å². The van der Waals surface area contributed by atoms with Crippen LogP contribution in [0.1, 0.15) is 10.4 Å². The lowest BCUT2D eigenvalue weighted by atomic mass is 10.1. The average molecular weight is 468 g/mol. The van der Waals surface area contributed by atoms with Crippen molar-refractivity contribution >= 4 is 17.4 Å². The largest absolute Gasteiger partial charge is 0.463 e. The van der Waals surface area contributed by atoms with Crippen LogP contribution >= 0.6 is 0 Å². The van der Waals surface area contributed by atoms with E-state index in [4.69, 9.17) is 4.42 Å². The quantitative estimate of drug-likeness (QED) is 0.282. The predicted molar refractivity (Wildman–Crippen MR) is 126 cm³/mol. The molecule has 3 heterocycles. The number of aromatic amines is 1. The number of anilines is 1. The number of carbonyl (C=O) groups is 1. The first kappa shape index (κ1) is 21.5. The lowest BCUT2D eigenvalue weighted by Crippen LogP contribution is -2.18. The second-order valence-corrected chi connectivity index (χ2v) is 7.38. The summed E-state index contributed by atoms with van der Waals surface area (Å²) in [6, 6.07) is 20.6. The second-order valence-electron chi connectivity index (χ2n) is 7.38. The van der Waals surface area contributed by atoms with Crippen LogP contribution in [0.4, 0.5) is 11.5 Å². The number of hydrogen-bond donors (Lipinski definition) is 2. The van der Waals surface area contributed by atoms with Crippen molar-refractivity contribution in [3.05, 3.63) is 111 Å². The molecule has 0 unspecified atom stereocenters. The Morgan fingerprint density at radius 3 is 2.46 bits per heavy atom. The Hall–Kier alpha value is -5.32. The SMILES string of the molecule is O=C(Nc1cc(-c2ccco2)nn1-c1nc(-c2ccccc2)cc(=O)[nH]1)c1ccc([N+](=O)[O-])cc1. The molecule has 11 heteroatoms. The van der Waals surface area contributed by atoms with Gasteiger partial charge in [-0.3, -0.25) is 24.7 Å². The van der Waals surface area contributed by atoms with Gasteiger partial charge in [0.25, 0.3) is 17.2 Å². The number of furan rings is 1. The summed E-state index contributed by atoms with van der Waals surface area (Å²) in [6.45, 7) is 0. The molecule has 11 nitrogen and oxygen atoms in total. The molecule has 0 aliphatic heterocycles. The van der Waals surface area contributed by atoms with Crippen LogP contribution in [-0.4, -0.2) is 30.6 Å². The molecule has 172 valence electrons. The summed E-state index contributed by atoms with van der Waals surface area (Å²) < 4.78 is 6.71. The normalized spacial score (nSPS) is 10.7. The van der Waals surface area contributed by atoms with Crippen molar-refractivity contribution in [2.75, 3.05) is 5.32 Å². The van der Waals surface area contributed by atoms with Crippen LogP contribution in [0.25, 0.3) is 28.7 Å². The lowest BCUT2D eigenvalue weighted by molar-refractivity contribution is -0.384. The molecule has 2 aromatic carbocycles. The van der Waals surface area contributed by atoms with Crippen LogP contribution in [-0.2, 0) is 0 Å². The third-order valence-electron chi connectivity index (χ3n) is 5.06. The van der Waals surface area contributed by atoms with Crippen molar-refractivity contribution in [2.24, 2.45) is 0 Å². The fourth-order valence-corrected chi connectivity index (χ4v) is 3.40. The number of nitro benzene ring substituents is 1. The zero-order chi connectivity index (χ0) is 24.4. The zero-order valence-electron chi connectivity index (χ0n) is 17.9. The Morgan fingerprint density at radius 1 is 1.00 bits per heavy atom. The third kappa shape index (κ3) is 4.46. The van der Waals surface area contributed by atoms with E-state index < -0.39 is 16.4 Å². The smallest absolute Gasteiger partial charge is 0.269 e. The molecule has 0 spiro atoms. The summed E-state index contributed by atoms with van der Waals surface area (Å²) in [6.07, 6.45) is 1.49. The number of rotatable bonds is 6. The van der Waals surface area contributed by atoms with Gasteiger partial charge in [-0.1, -0.05) is 30.3 Å². The number of nitro groups is 1. The van der Waals surface area contributed by atoms with E-state index in [-0.39, 0.29) is 23.0 Å². The monoisotopic (exact) mass is 468 g/mol. The summed E-state index contributed by atoms with van der Waals surface area (Å²) in [7, 11) is 0. The summed E-state index contributed by atoms with van der Waals surface area (Å²) in [4.78, 5) is 42.8. The predicted octanol–water partition coefficient (Wildman–Crippen LogP) is 4.04. The number of non-ortho nitro benzene ring substituents is 1. The first-order valence-electron chi connectivity index (χ1n) is 10.3. The number of nitrogens with zero attached hydrogens (tertiary/aromatic N) is 4. The van der Waals surface area contributed by atoms with Gasteiger partial charge in [-0.25, -0.2) is 4.98 Å². The standard InChI is InChI=1S/C24H16N6O5/c31-22-14-18(15-5-2-1-3-6-15)25-24(27-22)29-21(13-19(28-29)20-7-4-12-35-20)26-23(32)16-8-10-17(11-9-16)30(33)34/h1-14H,(H,26,32)(H,25,27,31). The number of amides is 1. The first-order chi connectivity index (χ1) is 17.0. The van der Waals surface area contributed by atoms with Gasteiger partial charge in [0, 0.05) is 35.4 Å². The van der Waals surface area contributed by atoms with Crippen molar-refractivity contribution in [1.82, 2.24) is 19.7 Å². The number of benzene rings is 2. The molecule has 35 heavy (non-hydrogen) atoms. The van der Waals surface area contributed by atoms with E-state index in [2.05, 4.69) is 20.4 Å². The molecule has 0 atom stereocenters. The second kappa shape index (κ2) is 8.90. The lowest BCUT2D eigenvalue weighted by Gasteiger charge is -2.09. The highest BCUT2D eigenvalue weighted by atomic mass is 16.6. The number of carbonyl (C=O) groups excluding carboxylic acids is 1. The minimum Gasteiger partial charge on any atom is -0.463 e. The van der Waals surface area contributed by atoms with Crippen molar-refractivity contribution in [3.8, 4) is 28.7 Å². The summed E-state index contributed by atoms with van der Waals surface area (Å²) >= 11 is 0. The van der Waals surface area contributed by atoms with E-state index in [0.717, 1.165) is 5.56 Å². The van der Waals surface area contributed by atoms with Crippen molar-refractivity contribution in [1.29, 1.82) is 0 Å². The molecular formula is C24H16N6O5. The number of nitrogens with one attached hydrogen (secondary N) is 2. The third-order valence-corrected chi connectivity index (χ3v) is 5.06. The average Bonchev–Trinajstić information content (AvgIpc) is 3.55. The molecule has 5 rings (SSSR count). The maximum Gasteiger partial charge on any atom is 0.269 e. The van der Waals surface area contributed by atoms with E-state index in [0.29, 0.717) is 17.1 Å². The topological polar surface area (TPSA) is 149 Å². The van der Waals surface area contributed by atoms with Crippen molar-refractivity contribution < 1.29 is 14.1 Å². The minimum absolute atomic E-state index is 0.0770. The Balaban J connectivity index is 1.56. The number of aromatic nitrogens is 4. The Morgan fingerprint density at radius 2 is 1.77 bits per heavy atom. The van der Waals surface area contributed by atoms with E-state index in [9.17, 15) is 19.7 Å². The maximum atomic E-state index is 12.9. The van der Waals surface area contributed by atoms with Crippen LogP contribution in [0.3, 0.4) is 0 Å². The van der Waals surface area contributed by atoms with E-state index >= 15 is 0 Å². The van der Waals surface area contributed by atoms with E-state index in [1.807, 2.05) is 30.3 Å². The zero-order valence-corrected chi connectivity index (χ0v) is 17.9. The van der Waals surface area contributed by atoms with Gasteiger partial charge in [-0.2, -0.15) is 9.78 Å². The summed E-state index contributed by atoms with van der Waals surface area (Å²) in [5.74, 6) is 0.186. The minimum atomic E-state index is -0.547. The van der Waals surface area contributed by atoms with Gasteiger partial charge in [0.05, 0.1) is 16.9 Å². The number of hydrogen-bond acceptors (Lipinski definition) is 7. The van der Waals surface area contributed by atoms with Crippen molar-refractivity contribution in [3.63, 3.8) is 0 Å². The molecule has 2 N–H and O–H groups in total. The van der Waals surface area contributed by atoms with Gasteiger partial charge >= 0.3 is 0 Å². The molecule has 0 saturated heterocycles. The molecule has 0 saturated carbocycles. The highest BCUT2D eigenvalue weighted by molar-refractivity contribution is 6.04. The van der Waals surface area contributed by atoms with Gasteiger partial charge in [0.15, 0.2) is 5.76 Å². The van der Waals surface area contributed by atoms with Gasteiger partial charge in [0.1, 0.15) is 11.5 Å². The van der Waals surface area contributed by atoms with Crippen LogP contribution in [0.5, 0.6) is 0 Å². The number of H-pyrrole nitrogens is 1. The summed E-state index contributed by atoms with van der Waals surface area (Å²) in [5, 5.41) is 18.1. The van der Waals surface area contributed by atoms with Crippen LogP contribution in [0.2, 0.25) is 0 Å². The van der Waals surface area contributed by atoms with Gasteiger partial charge in [0.2, 0.25) is 5.95 Å². The highest BCUT2D eigenvalue weighted by Crippen LogP contribution is 2.25. The maximum absolute atomic E-state index is 12.9. The Kier molecular flexibility index (Phi) is 5.47. The molecule has 0 aliphatic carbocycles. The molecule has 0 radical (unpaired) electrons. The van der Waals surface area contributed by atoms with Crippen LogP contribution < -0.4 is 10.9 Å². The molecule has 3 aromatic heterocycles. The fraction of sp³-hybridized carbons (Fsp3) is 0. The van der Waals surface area contributed by atoms with Gasteiger partial charge in [-0.05, 0) is 24.3 Å². The fourth-order valence-electron chi connectivity index (χ4n) is 3.40. The molecular weight excluding hydrogens is 452 g/mol. The molecule has 0 fully saturated rings. The Labute approximate surface area is 196 Å². The van der Waals surface area contributed by atoms with Crippen LogP contribution in [0, 0.1) is 10.1 Å². The molecule has 1 amide bonds. The van der Waals surface area contributed by atoms with E-state index in [1.54, 1.807) is 18.2 Å². The van der Waals surface area contributed by atoms with Gasteiger partial charge in [-0.15, -0.1) is 0 Å². The highest BCUT2D eigenvalue weighted by Gasteiger charge is 2.19. The molecule has 0 bridgehead atoms. The summed E-state index contributed by atoms with van der Waals surface area (Å²) in [5.41, 5.74) is 1.20. The first-order valence-corrected chi connectivity index (χ1v) is 10.3. The molecule has 5 aromatic rings. The van der Waals surface area contributed by atoms with Gasteiger partial charge < -0.3 is 9.73 Å². The molecule has 0 aliphatic rings. The van der Waals surface area contributed by atoms with Crippen molar-refractivity contribution in [2.45, 2.75) is 0 Å².